The zero-order chi connectivity index (χ0) is 9.19. The van der Waals surface area contributed by atoms with E-state index in [0.717, 1.165) is 0 Å². The summed E-state index contributed by atoms with van der Waals surface area (Å²) in [7, 11) is 7.14. The minimum atomic E-state index is 0.00918. The minimum Gasteiger partial charge on any atom is -0.0590 e. The first-order valence-corrected chi connectivity index (χ1v) is 5.57. The van der Waals surface area contributed by atoms with Crippen molar-refractivity contribution in [3.05, 3.63) is 35.4 Å². The molecule has 0 aliphatic heterocycles. The summed E-state index contributed by atoms with van der Waals surface area (Å²) < 4.78 is 0.00918. The number of rotatable bonds is 2. The van der Waals surface area contributed by atoms with Crippen molar-refractivity contribution >= 4 is 21.7 Å². The van der Waals surface area contributed by atoms with Gasteiger partial charge in [-0.2, -0.15) is 0 Å². The lowest BCUT2D eigenvalue weighted by Gasteiger charge is -2.20. The highest BCUT2D eigenvalue weighted by molar-refractivity contribution is 8.21. The van der Waals surface area contributed by atoms with Crippen LogP contribution in [0.4, 0.5) is 0 Å². The molecule has 0 aliphatic carbocycles. The van der Waals surface area contributed by atoms with E-state index in [9.17, 15) is 0 Å². The number of hydrogen-bond donors (Lipinski definition) is 0. The average Bonchev–Trinajstić information content (AvgIpc) is 2.05. The zero-order valence-corrected chi connectivity index (χ0v) is 9.17. The van der Waals surface area contributed by atoms with Gasteiger partial charge in [-0.25, -0.2) is 0 Å². The first kappa shape index (κ1) is 9.94. The van der Waals surface area contributed by atoms with Crippen molar-refractivity contribution in [2.24, 2.45) is 0 Å². The normalized spacial score (nSPS) is 11.7. The molecule has 0 amide bonds. The van der Waals surface area contributed by atoms with Crippen LogP contribution in [0.5, 0.6) is 0 Å². The summed E-state index contributed by atoms with van der Waals surface area (Å²) in [6, 6.07) is 8.49. The third kappa shape index (κ3) is 2.18. The van der Waals surface area contributed by atoms with Crippen molar-refractivity contribution < 1.29 is 0 Å². The van der Waals surface area contributed by atoms with E-state index in [-0.39, 0.29) is 4.75 Å². The first-order valence-electron chi connectivity index (χ1n) is 3.93. The summed E-state index contributed by atoms with van der Waals surface area (Å²) in [6.07, 6.45) is 0. The summed E-state index contributed by atoms with van der Waals surface area (Å²) >= 11 is 0. The Balaban J connectivity index is 2.96. The van der Waals surface area contributed by atoms with Gasteiger partial charge < -0.3 is 0 Å². The SMILES string of the molecule is Cc1ccc(C(C)(C)SCl)cc1. The second-order valence-electron chi connectivity index (χ2n) is 3.45. The molecule has 12 heavy (non-hydrogen) atoms. The van der Waals surface area contributed by atoms with Gasteiger partial charge in [-0.15, -0.1) is 0 Å². The van der Waals surface area contributed by atoms with E-state index in [1.807, 2.05) is 0 Å². The van der Waals surface area contributed by atoms with Crippen molar-refractivity contribution in [3.8, 4) is 0 Å². The zero-order valence-electron chi connectivity index (χ0n) is 7.60. The Hall–Kier alpha value is -0.140. The molecule has 0 aliphatic rings. The predicted molar refractivity (Wildman–Crippen MR) is 57.6 cm³/mol. The Bertz CT molecular complexity index is 251. The summed E-state index contributed by atoms with van der Waals surface area (Å²) in [5.41, 5.74) is 2.56. The minimum absolute atomic E-state index is 0.00918. The van der Waals surface area contributed by atoms with Crippen LogP contribution in [0.25, 0.3) is 0 Å². The van der Waals surface area contributed by atoms with Gasteiger partial charge in [-0.1, -0.05) is 29.8 Å². The Kier molecular flexibility index (Phi) is 3.08. The molecule has 0 nitrogen and oxygen atoms in total. The fourth-order valence-corrected chi connectivity index (χ4v) is 1.49. The Morgan fingerprint density at radius 1 is 1.17 bits per heavy atom. The first-order chi connectivity index (χ1) is 5.56. The molecule has 0 unspecified atom stereocenters. The maximum absolute atomic E-state index is 5.78. The average molecular weight is 201 g/mol. The van der Waals surface area contributed by atoms with Crippen molar-refractivity contribution in [2.75, 3.05) is 0 Å². The molecule has 1 aromatic carbocycles. The molecule has 0 saturated carbocycles. The molecule has 0 bridgehead atoms. The van der Waals surface area contributed by atoms with E-state index >= 15 is 0 Å². The summed E-state index contributed by atoms with van der Waals surface area (Å²) in [5, 5.41) is 0. The van der Waals surface area contributed by atoms with Gasteiger partial charge in [0.25, 0.3) is 0 Å². The predicted octanol–water partition coefficient (Wildman–Crippen LogP) is 4.12. The topological polar surface area (TPSA) is 0 Å². The smallest absolute Gasteiger partial charge is 0.0503 e. The molecule has 1 rings (SSSR count). The third-order valence-electron chi connectivity index (χ3n) is 1.94. The number of benzene rings is 1. The highest BCUT2D eigenvalue weighted by Gasteiger charge is 2.19. The second kappa shape index (κ2) is 3.71. The Labute approximate surface area is 82.8 Å². The molecule has 0 N–H and O–H groups in total. The van der Waals surface area contributed by atoms with Gasteiger partial charge in [0.15, 0.2) is 0 Å². The fraction of sp³-hybridized carbons (Fsp3) is 0.400. The molecule has 0 fully saturated rings. The maximum atomic E-state index is 5.78. The van der Waals surface area contributed by atoms with Gasteiger partial charge in [0.2, 0.25) is 0 Å². The van der Waals surface area contributed by atoms with Crippen LogP contribution in [0.15, 0.2) is 24.3 Å². The number of halogens is 1. The van der Waals surface area contributed by atoms with E-state index in [1.54, 1.807) is 0 Å². The number of hydrogen-bond acceptors (Lipinski definition) is 1. The molecule has 1 aromatic rings. The molecule has 0 radical (unpaired) electrons. The van der Waals surface area contributed by atoms with Gasteiger partial charge in [-0.3, -0.25) is 0 Å². The van der Waals surface area contributed by atoms with Crippen LogP contribution in [0.2, 0.25) is 0 Å². The van der Waals surface area contributed by atoms with Crippen LogP contribution in [-0.4, -0.2) is 0 Å². The largest absolute Gasteiger partial charge is 0.0590 e. The van der Waals surface area contributed by atoms with Gasteiger partial charge >= 0.3 is 0 Å². The second-order valence-corrected chi connectivity index (χ2v) is 5.09. The van der Waals surface area contributed by atoms with Crippen LogP contribution < -0.4 is 0 Å². The highest BCUT2D eigenvalue weighted by atomic mass is 35.7. The summed E-state index contributed by atoms with van der Waals surface area (Å²) in [5.74, 6) is 0. The van der Waals surface area contributed by atoms with Crippen LogP contribution >= 0.6 is 21.7 Å². The van der Waals surface area contributed by atoms with E-state index < -0.39 is 0 Å². The lowest BCUT2D eigenvalue weighted by Crippen LogP contribution is -2.09. The van der Waals surface area contributed by atoms with E-state index in [0.29, 0.717) is 0 Å². The third-order valence-corrected chi connectivity index (χ3v) is 3.72. The van der Waals surface area contributed by atoms with Crippen LogP contribution in [0.1, 0.15) is 25.0 Å². The lowest BCUT2D eigenvalue weighted by molar-refractivity contribution is 0.788. The molecular formula is C10H13ClS. The monoisotopic (exact) mass is 200 g/mol. The molecule has 0 heterocycles. The van der Waals surface area contributed by atoms with Crippen LogP contribution in [-0.2, 0) is 4.75 Å². The van der Waals surface area contributed by atoms with Gasteiger partial charge in [0.05, 0.1) is 4.75 Å². The standard InChI is InChI=1S/C10H13ClS/c1-8-4-6-9(7-5-8)10(2,3)12-11/h4-7H,1-3H3. The quantitative estimate of drug-likeness (QED) is 0.692. The van der Waals surface area contributed by atoms with Crippen molar-refractivity contribution in [2.45, 2.75) is 25.5 Å². The summed E-state index contributed by atoms with van der Waals surface area (Å²) in [4.78, 5) is 0. The van der Waals surface area contributed by atoms with E-state index in [2.05, 4.69) is 45.0 Å². The van der Waals surface area contributed by atoms with Gasteiger partial charge in [-0.05, 0) is 48.0 Å². The van der Waals surface area contributed by atoms with Gasteiger partial charge in [0.1, 0.15) is 0 Å². The fourth-order valence-electron chi connectivity index (χ4n) is 0.999. The summed E-state index contributed by atoms with van der Waals surface area (Å²) in [6.45, 7) is 6.33. The van der Waals surface area contributed by atoms with Crippen LogP contribution in [0, 0.1) is 6.92 Å². The molecule has 0 aromatic heterocycles. The lowest BCUT2D eigenvalue weighted by atomic mass is 10.0. The van der Waals surface area contributed by atoms with E-state index in [1.165, 1.54) is 22.1 Å². The molecule has 66 valence electrons. The number of aryl methyl sites for hydroxylation is 1. The van der Waals surface area contributed by atoms with Crippen molar-refractivity contribution in [1.82, 2.24) is 0 Å². The molecule has 0 spiro atoms. The molecule has 0 atom stereocenters. The van der Waals surface area contributed by atoms with Crippen molar-refractivity contribution in [1.29, 1.82) is 0 Å². The van der Waals surface area contributed by atoms with Crippen molar-refractivity contribution in [3.63, 3.8) is 0 Å². The Morgan fingerprint density at radius 3 is 2.08 bits per heavy atom. The maximum Gasteiger partial charge on any atom is 0.0503 e. The van der Waals surface area contributed by atoms with Crippen LogP contribution in [0.3, 0.4) is 0 Å². The molecular weight excluding hydrogens is 188 g/mol. The van der Waals surface area contributed by atoms with E-state index in [4.69, 9.17) is 10.7 Å². The molecule has 0 saturated heterocycles. The molecule has 2 heteroatoms. The Morgan fingerprint density at radius 2 is 1.67 bits per heavy atom. The van der Waals surface area contributed by atoms with Gasteiger partial charge in [0, 0.05) is 0 Å². The highest BCUT2D eigenvalue weighted by Crippen LogP contribution is 2.37.